The van der Waals surface area contributed by atoms with E-state index in [9.17, 15) is 4.79 Å². The Labute approximate surface area is 121 Å². The zero-order chi connectivity index (χ0) is 14.1. The first-order valence-electron chi connectivity index (χ1n) is 7.44. The number of thioether (sulfide) groups is 1. The molecule has 0 aliphatic carbocycles. The van der Waals surface area contributed by atoms with Gasteiger partial charge >= 0.3 is 6.03 Å². The molecule has 112 valence electrons. The summed E-state index contributed by atoms with van der Waals surface area (Å²) in [5.74, 6) is 2.23. The molecule has 0 aromatic rings. The smallest absolute Gasteiger partial charge is 0.317 e. The Morgan fingerprint density at radius 2 is 2.32 bits per heavy atom. The van der Waals surface area contributed by atoms with E-state index in [1.54, 1.807) is 0 Å². The van der Waals surface area contributed by atoms with E-state index in [2.05, 4.69) is 19.2 Å². The van der Waals surface area contributed by atoms with Crippen LogP contribution in [0.5, 0.6) is 0 Å². The Balaban J connectivity index is 2.37. The van der Waals surface area contributed by atoms with Crippen LogP contribution >= 0.6 is 11.8 Å². The lowest BCUT2D eigenvalue weighted by atomic mass is 10.00. The van der Waals surface area contributed by atoms with Crippen LogP contribution in [0.15, 0.2) is 0 Å². The van der Waals surface area contributed by atoms with Gasteiger partial charge in [-0.3, -0.25) is 0 Å². The van der Waals surface area contributed by atoms with E-state index >= 15 is 0 Å². The summed E-state index contributed by atoms with van der Waals surface area (Å²) in [6.07, 6.45) is 4.98. The third-order valence-electron chi connectivity index (χ3n) is 3.62. The zero-order valence-corrected chi connectivity index (χ0v) is 13.0. The van der Waals surface area contributed by atoms with Crippen molar-refractivity contribution in [1.29, 1.82) is 0 Å². The molecular formula is C14H28N2O2S. The number of piperidine rings is 1. The summed E-state index contributed by atoms with van der Waals surface area (Å²) in [6.45, 7) is 5.21. The fraction of sp³-hybridized carbons (Fsp3) is 0.929. The van der Waals surface area contributed by atoms with Gasteiger partial charge in [-0.25, -0.2) is 4.79 Å². The van der Waals surface area contributed by atoms with Gasteiger partial charge in [0.1, 0.15) is 0 Å². The van der Waals surface area contributed by atoms with Crippen molar-refractivity contribution in [3.8, 4) is 0 Å². The molecule has 5 heteroatoms. The van der Waals surface area contributed by atoms with Crippen molar-refractivity contribution in [3.05, 3.63) is 0 Å². The lowest BCUT2D eigenvalue weighted by Crippen LogP contribution is -2.51. The monoisotopic (exact) mass is 288 g/mol. The summed E-state index contributed by atoms with van der Waals surface area (Å²) < 4.78 is 0. The number of hydrogen-bond donors (Lipinski definition) is 2. The minimum Gasteiger partial charge on any atom is -0.396 e. The van der Waals surface area contributed by atoms with E-state index in [0.717, 1.165) is 43.7 Å². The van der Waals surface area contributed by atoms with E-state index in [-0.39, 0.29) is 24.7 Å². The molecule has 2 atom stereocenters. The van der Waals surface area contributed by atoms with Crippen molar-refractivity contribution in [3.63, 3.8) is 0 Å². The minimum absolute atomic E-state index is 0.0483. The molecule has 1 saturated heterocycles. The topological polar surface area (TPSA) is 52.6 Å². The summed E-state index contributed by atoms with van der Waals surface area (Å²) >= 11 is 1.91. The van der Waals surface area contributed by atoms with E-state index in [4.69, 9.17) is 5.11 Å². The number of nitrogens with one attached hydrogen (secondary N) is 1. The number of carbonyl (C=O) groups is 1. The molecule has 2 amide bonds. The molecule has 0 aromatic heterocycles. The maximum atomic E-state index is 12.3. The Hall–Kier alpha value is -0.420. The van der Waals surface area contributed by atoms with E-state index in [0.29, 0.717) is 6.42 Å². The number of aliphatic hydroxyl groups excluding tert-OH is 1. The molecule has 1 aliphatic heterocycles. The average Bonchev–Trinajstić information content (AvgIpc) is 2.40. The van der Waals surface area contributed by atoms with Crippen LogP contribution in [0.2, 0.25) is 0 Å². The standard InChI is InChI=1S/C14H28N2O2S/c1-3-19-11-8-12(2)15-14(18)16-9-5-4-6-13(16)7-10-17/h12-13,17H,3-11H2,1-2H3,(H,15,18). The van der Waals surface area contributed by atoms with Crippen molar-refractivity contribution >= 4 is 17.8 Å². The number of aliphatic hydroxyl groups is 1. The van der Waals surface area contributed by atoms with Crippen molar-refractivity contribution in [2.24, 2.45) is 0 Å². The first kappa shape index (κ1) is 16.6. The number of amides is 2. The Morgan fingerprint density at radius 3 is 3.00 bits per heavy atom. The number of carbonyl (C=O) groups excluding carboxylic acids is 1. The average molecular weight is 288 g/mol. The normalized spacial score (nSPS) is 21.2. The Bertz CT molecular complexity index is 262. The van der Waals surface area contributed by atoms with Crippen LogP contribution in [0.1, 0.15) is 46.0 Å². The van der Waals surface area contributed by atoms with Gasteiger partial charge in [-0.2, -0.15) is 11.8 Å². The number of hydrogen-bond acceptors (Lipinski definition) is 3. The molecule has 0 aromatic carbocycles. The fourth-order valence-corrected chi connectivity index (χ4v) is 3.30. The molecule has 0 radical (unpaired) electrons. The molecule has 2 unspecified atom stereocenters. The van der Waals surface area contributed by atoms with Gasteiger partial charge in [0.2, 0.25) is 0 Å². The third-order valence-corrected chi connectivity index (χ3v) is 4.55. The quantitative estimate of drug-likeness (QED) is 0.708. The van der Waals surface area contributed by atoms with Crippen molar-refractivity contribution < 1.29 is 9.90 Å². The summed E-state index contributed by atoms with van der Waals surface area (Å²) in [5, 5.41) is 12.2. The molecule has 1 rings (SSSR count). The van der Waals surface area contributed by atoms with Gasteiger partial charge in [0.25, 0.3) is 0 Å². The van der Waals surface area contributed by atoms with Crippen LogP contribution < -0.4 is 5.32 Å². The van der Waals surface area contributed by atoms with Gasteiger partial charge in [0.15, 0.2) is 0 Å². The number of nitrogens with zero attached hydrogens (tertiary/aromatic N) is 1. The highest BCUT2D eigenvalue weighted by molar-refractivity contribution is 7.99. The summed E-state index contributed by atoms with van der Waals surface area (Å²) in [6, 6.07) is 0.492. The van der Waals surface area contributed by atoms with E-state index in [1.807, 2.05) is 16.7 Å². The van der Waals surface area contributed by atoms with Crippen molar-refractivity contribution in [1.82, 2.24) is 10.2 Å². The lowest BCUT2D eigenvalue weighted by Gasteiger charge is -2.36. The van der Waals surface area contributed by atoms with Crippen molar-refractivity contribution in [2.45, 2.75) is 58.0 Å². The second kappa shape index (κ2) is 9.48. The molecule has 0 saturated carbocycles. The van der Waals surface area contributed by atoms with Gasteiger partial charge in [0.05, 0.1) is 0 Å². The second-order valence-electron chi connectivity index (χ2n) is 5.19. The van der Waals surface area contributed by atoms with Gasteiger partial charge in [-0.05, 0) is 50.5 Å². The molecule has 0 spiro atoms. The SMILES string of the molecule is CCSCCC(C)NC(=O)N1CCCCC1CCO. The number of urea groups is 1. The van der Waals surface area contributed by atoms with Crippen LogP contribution in [0.3, 0.4) is 0 Å². The Morgan fingerprint density at radius 1 is 1.53 bits per heavy atom. The maximum absolute atomic E-state index is 12.3. The summed E-state index contributed by atoms with van der Waals surface area (Å²) in [4.78, 5) is 14.2. The first-order chi connectivity index (χ1) is 9.19. The number of rotatable bonds is 7. The summed E-state index contributed by atoms with van der Waals surface area (Å²) in [5.41, 5.74) is 0. The first-order valence-corrected chi connectivity index (χ1v) is 8.60. The van der Waals surface area contributed by atoms with Crippen LogP contribution in [0, 0.1) is 0 Å². The molecule has 1 fully saturated rings. The highest BCUT2D eigenvalue weighted by Gasteiger charge is 2.26. The second-order valence-corrected chi connectivity index (χ2v) is 6.59. The zero-order valence-electron chi connectivity index (χ0n) is 12.2. The van der Waals surface area contributed by atoms with Crippen LogP contribution in [-0.2, 0) is 0 Å². The van der Waals surface area contributed by atoms with Crippen LogP contribution in [-0.4, -0.2) is 52.8 Å². The molecular weight excluding hydrogens is 260 g/mol. The van der Waals surface area contributed by atoms with Gasteiger partial charge in [-0.1, -0.05) is 6.92 Å². The Kier molecular flexibility index (Phi) is 8.30. The highest BCUT2D eigenvalue weighted by atomic mass is 32.2. The predicted octanol–water partition coefficient (Wildman–Crippen LogP) is 2.46. The summed E-state index contributed by atoms with van der Waals surface area (Å²) in [7, 11) is 0. The van der Waals surface area contributed by atoms with Crippen LogP contribution in [0.4, 0.5) is 4.79 Å². The van der Waals surface area contributed by atoms with Crippen molar-refractivity contribution in [2.75, 3.05) is 24.7 Å². The lowest BCUT2D eigenvalue weighted by molar-refractivity contribution is 0.130. The van der Waals surface area contributed by atoms with Crippen LogP contribution in [0.25, 0.3) is 0 Å². The van der Waals surface area contributed by atoms with Gasteiger partial charge < -0.3 is 15.3 Å². The van der Waals surface area contributed by atoms with Gasteiger partial charge in [-0.15, -0.1) is 0 Å². The largest absolute Gasteiger partial charge is 0.396 e. The number of likely N-dealkylation sites (tertiary alicyclic amines) is 1. The molecule has 19 heavy (non-hydrogen) atoms. The minimum atomic E-state index is 0.0483. The highest BCUT2D eigenvalue weighted by Crippen LogP contribution is 2.19. The fourth-order valence-electron chi connectivity index (χ4n) is 2.49. The van der Waals surface area contributed by atoms with E-state index in [1.165, 1.54) is 0 Å². The maximum Gasteiger partial charge on any atom is 0.317 e. The molecule has 0 bridgehead atoms. The molecule has 1 aliphatic rings. The predicted molar refractivity (Wildman–Crippen MR) is 81.7 cm³/mol. The van der Waals surface area contributed by atoms with E-state index < -0.39 is 0 Å². The molecule has 4 nitrogen and oxygen atoms in total. The van der Waals surface area contributed by atoms with Gasteiger partial charge in [0, 0.05) is 25.2 Å². The molecule has 2 N–H and O–H groups in total. The third kappa shape index (κ3) is 6.04. The molecule has 1 heterocycles.